The summed E-state index contributed by atoms with van der Waals surface area (Å²) in [5.41, 5.74) is 1.26. The van der Waals surface area contributed by atoms with E-state index in [1.807, 2.05) is 13.2 Å². The van der Waals surface area contributed by atoms with Crippen LogP contribution < -0.4 is 10.6 Å². The van der Waals surface area contributed by atoms with Crippen molar-refractivity contribution < 1.29 is 14.7 Å². The second-order valence-electron chi connectivity index (χ2n) is 4.51. The number of urea groups is 1. The molecule has 0 aliphatic heterocycles. The maximum absolute atomic E-state index is 11.6. The van der Waals surface area contributed by atoms with Crippen LogP contribution >= 0.6 is 11.8 Å². The average molecular weight is 296 g/mol. The zero-order chi connectivity index (χ0) is 15.0. The predicted molar refractivity (Wildman–Crippen MR) is 81.5 cm³/mol. The monoisotopic (exact) mass is 296 g/mol. The van der Waals surface area contributed by atoms with Gasteiger partial charge in [0.15, 0.2) is 0 Å². The lowest BCUT2D eigenvalue weighted by Gasteiger charge is -2.13. The summed E-state index contributed by atoms with van der Waals surface area (Å²) < 4.78 is 0. The van der Waals surface area contributed by atoms with Crippen molar-refractivity contribution in [1.29, 1.82) is 0 Å². The first-order chi connectivity index (χ1) is 9.52. The molecule has 0 bridgehead atoms. The van der Waals surface area contributed by atoms with Crippen molar-refractivity contribution in [2.45, 2.75) is 19.4 Å². The molecule has 1 rings (SSSR count). The van der Waals surface area contributed by atoms with Crippen molar-refractivity contribution in [3.8, 4) is 0 Å². The van der Waals surface area contributed by atoms with Crippen LogP contribution in [0.15, 0.2) is 24.3 Å². The first-order valence-electron chi connectivity index (χ1n) is 6.38. The van der Waals surface area contributed by atoms with Crippen molar-refractivity contribution in [1.82, 2.24) is 10.6 Å². The molecule has 1 aromatic carbocycles. The van der Waals surface area contributed by atoms with E-state index >= 15 is 0 Å². The summed E-state index contributed by atoms with van der Waals surface area (Å²) >= 11 is 1.69. The van der Waals surface area contributed by atoms with Gasteiger partial charge in [-0.25, -0.2) is 9.59 Å². The van der Waals surface area contributed by atoms with Gasteiger partial charge < -0.3 is 15.7 Å². The molecule has 0 saturated carbocycles. The molecule has 1 unspecified atom stereocenters. The summed E-state index contributed by atoms with van der Waals surface area (Å²) in [7, 11) is 0. The van der Waals surface area contributed by atoms with E-state index in [0.717, 1.165) is 11.3 Å². The lowest BCUT2D eigenvalue weighted by Crippen LogP contribution is -2.42. The van der Waals surface area contributed by atoms with Gasteiger partial charge >= 0.3 is 12.0 Å². The molecule has 0 aliphatic carbocycles. The van der Waals surface area contributed by atoms with Gasteiger partial charge in [-0.3, -0.25) is 0 Å². The number of aromatic carboxylic acids is 1. The van der Waals surface area contributed by atoms with E-state index in [0.29, 0.717) is 13.0 Å². The summed E-state index contributed by atoms with van der Waals surface area (Å²) in [5.74, 6) is -0.0544. The molecule has 1 atom stereocenters. The molecule has 6 heteroatoms. The molecule has 2 amide bonds. The summed E-state index contributed by atoms with van der Waals surface area (Å²) in [4.78, 5) is 22.3. The second-order valence-corrected chi connectivity index (χ2v) is 5.42. The molecule has 1 aromatic rings. The number of amides is 2. The molecule has 3 N–H and O–H groups in total. The highest BCUT2D eigenvalue weighted by Crippen LogP contribution is 2.04. The third kappa shape index (κ3) is 5.97. The van der Waals surface area contributed by atoms with Crippen LogP contribution in [0.1, 0.15) is 22.8 Å². The lowest BCUT2D eigenvalue weighted by molar-refractivity contribution is 0.0697. The first kappa shape index (κ1) is 16.4. The van der Waals surface area contributed by atoms with Crippen molar-refractivity contribution in [3.63, 3.8) is 0 Å². The van der Waals surface area contributed by atoms with E-state index in [2.05, 4.69) is 10.6 Å². The van der Waals surface area contributed by atoms with Gasteiger partial charge in [-0.05, 0) is 37.3 Å². The highest BCUT2D eigenvalue weighted by molar-refractivity contribution is 7.98. The third-order valence-corrected chi connectivity index (χ3v) is 3.53. The Morgan fingerprint density at radius 1 is 1.30 bits per heavy atom. The zero-order valence-electron chi connectivity index (χ0n) is 11.7. The van der Waals surface area contributed by atoms with Gasteiger partial charge in [0.25, 0.3) is 0 Å². The van der Waals surface area contributed by atoms with Crippen LogP contribution in [-0.4, -0.2) is 41.7 Å². The van der Waals surface area contributed by atoms with Crippen molar-refractivity contribution >= 4 is 23.8 Å². The molecular formula is C14H20N2O3S. The number of hydrogen-bond donors (Lipinski definition) is 3. The minimum atomic E-state index is -0.933. The Morgan fingerprint density at radius 2 is 1.95 bits per heavy atom. The largest absolute Gasteiger partial charge is 0.478 e. The van der Waals surface area contributed by atoms with Crippen LogP contribution in [0, 0.1) is 0 Å². The number of carboxylic acid groups (broad SMARTS) is 1. The van der Waals surface area contributed by atoms with Gasteiger partial charge in [0.05, 0.1) is 5.56 Å². The Balaban J connectivity index is 2.30. The molecule has 0 radical (unpaired) electrons. The molecule has 0 saturated heterocycles. The molecule has 5 nitrogen and oxygen atoms in total. The maximum atomic E-state index is 11.6. The summed E-state index contributed by atoms with van der Waals surface area (Å²) in [6, 6.07) is 6.63. The van der Waals surface area contributed by atoms with Crippen LogP contribution in [-0.2, 0) is 6.42 Å². The molecule has 0 spiro atoms. The number of carboxylic acids is 1. The maximum Gasteiger partial charge on any atom is 0.335 e. The van der Waals surface area contributed by atoms with Gasteiger partial charge in [0.2, 0.25) is 0 Å². The first-order valence-corrected chi connectivity index (χ1v) is 7.78. The fraction of sp³-hybridized carbons (Fsp3) is 0.429. The van der Waals surface area contributed by atoms with Gasteiger partial charge in [0, 0.05) is 18.3 Å². The van der Waals surface area contributed by atoms with Crippen molar-refractivity contribution in [3.05, 3.63) is 35.4 Å². The average Bonchev–Trinajstić information content (AvgIpc) is 2.39. The summed E-state index contributed by atoms with van der Waals surface area (Å²) in [6.45, 7) is 2.48. The van der Waals surface area contributed by atoms with E-state index in [9.17, 15) is 9.59 Å². The standard InChI is InChI=1S/C14H20N2O3S/c1-10(9-20-2)16-14(19)15-8-7-11-3-5-12(6-4-11)13(17)18/h3-6,10H,7-9H2,1-2H3,(H,17,18)(H2,15,16,19). The van der Waals surface area contributed by atoms with E-state index in [4.69, 9.17) is 5.11 Å². The smallest absolute Gasteiger partial charge is 0.335 e. The number of nitrogens with one attached hydrogen (secondary N) is 2. The Kier molecular flexibility index (Phi) is 6.93. The lowest BCUT2D eigenvalue weighted by atomic mass is 10.1. The molecule has 0 fully saturated rings. The van der Waals surface area contributed by atoms with Gasteiger partial charge in [0.1, 0.15) is 0 Å². The van der Waals surface area contributed by atoms with Crippen LogP contribution in [0.5, 0.6) is 0 Å². The van der Waals surface area contributed by atoms with Gasteiger partial charge in [-0.2, -0.15) is 11.8 Å². The van der Waals surface area contributed by atoms with E-state index in [-0.39, 0.29) is 17.6 Å². The minimum Gasteiger partial charge on any atom is -0.478 e. The fourth-order valence-corrected chi connectivity index (χ4v) is 2.28. The van der Waals surface area contributed by atoms with Crippen LogP contribution in [0.4, 0.5) is 4.79 Å². The number of carbonyl (C=O) groups is 2. The molecule has 0 aliphatic rings. The quantitative estimate of drug-likeness (QED) is 0.719. The minimum absolute atomic E-state index is 0.139. The van der Waals surface area contributed by atoms with Crippen molar-refractivity contribution in [2.24, 2.45) is 0 Å². The molecule has 20 heavy (non-hydrogen) atoms. The Labute approximate surface area is 123 Å². The number of benzene rings is 1. The van der Waals surface area contributed by atoms with Crippen LogP contribution in [0.25, 0.3) is 0 Å². The van der Waals surface area contributed by atoms with Gasteiger partial charge in [-0.15, -0.1) is 0 Å². The number of thioether (sulfide) groups is 1. The normalized spacial score (nSPS) is 11.7. The second kappa shape index (κ2) is 8.47. The van der Waals surface area contributed by atoms with Crippen molar-refractivity contribution in [2.75, 3.05) is 18.6 Å². The highest BCUT2D eigenvalue weighted by Gasteiger charge is 2.06. The van der Waals surface area contributed by atoms with E-state index < -0.39 is 5.97 Å². The Morgan fingerprint density at radius 3 is 2.50 bits per heavy atom. The van der Waals surface area contributed by atoms with Crippen LogP contribution in [0.3, 0.4) is 0 Å². The SMILES string of the molecule is CSCC(C)NC(=O)NCCc1ccc(C(=O)O)cc1. The number of rotatable bonds is 7. The predicted octanol–water partition coefficient (Wildman–Crippen LogP) is 1.98. The molecule has 110 valence electrons. The van der Waals surface area contributed by atoms with E-state index in [1.165, 1.54) is 0 Å². The van der Waals surface area contributed by atoms with Crippen LogP contribution in [0.2, 0.25) is 0 Å². The zero-order valence-corrected chi connectivity index (χ0v) is 12.5. The Hall–Kier alpha value is -1.69. The van der Waals surface area contributed by atoms with E-state index in [1.54, 1.807) is 36.0 Å². The Bertz CT molecular complexity index is 448. The molecule has 0 aromatic heterocycles. The highest BCUT2D eigenvalue weighted by atomic mass is 32.2. The molecule has 0 heterocycles. The summed E-state index contributed by atoms with van der Waals surface area (Å²) in [6.07, 6.45) is 2.67. The number of hydrogen-bond acceptors (Lipinski definition) is 3. The third-order valence-electron chi connectivity index (χ3n) is 2.69. The molecular weight excluding hydrogens is 276 g/mol. The fourth-order valence-electron chi connectivity index (χ4n) is 1.70. The topological polar surface area (TPSA) is 78.4 Å². The summed E-state index contributed by atoms with van der Waals surface area (Å²) in [5, 5.41) is 14.4. The van der Waals surface area contributed by atoms with Gasteiger partial charge in [-0.1, -0.05) is 12.1 Å². The number of carbonyl (C=O) groups excluding carboxylic acids is 1.